The van der Waals surface area contributed by atoms with Crippen LogP contribution in [0, 0.1) is 0 Å². The average Bonchev–Trinajstić information content (AvgIpc) is 2.96. The van der Waals surface area contributed by atoms with Gasteiger partial charge in [-0.2, -0.15) is 4.98 Å². The second-order valence-electron chi connectivity index (χ2n) is 10.2. The molecule has 1 saturated heterocycles. The molecule has 1 aliphatic heterocycles. The van der Waals surface area contributed by atoms with E-state index in [9.17, 15) is 8.42 Å². The molecule has 3 N–H and O–H groups in total. The van der Waals surface area contributed by atoms with E-state index in [4.69, 9.17) is 15.5 Å². The SMILES string of the molecule is CCS(=O)(=O)NCCCCN1CCN(c2nc(N)nc3c2CCc2cc(OCc4ccccc4)ccc2-3)CC1. The number of aromatic nitrogens is 2. The molecule has 1 fully saturated rings. The summed E-state index contributed by atoms with van der Waals surface area (Å²) in [6.45, 7) is 7.31. The number of hydrogen-bond donors (Lipinski definition) is 2. The summed E-state index contributed by atoms with van der Waals surface area (Å²) in [7, 11) is -3.11. The average molecular weight is 551 g/mol. The quantitative estimate of drug-likeness (QED) is 0.350. The number of nitrogens with one attached hydrogen (secondary N) is 1. The highest BCUT2D eigenvalue weighted by Gasteiger charge is 2.27. The van der Waals surface area contributed by atoms with Gasteiger partial charge in [-0.05, 0) is 68.5 Å². The largest absolute Gasteiger partial charge is 0.489 e. The van der Waals surface area contributed by atoms with Gasteiger partial charge in [0.2, 0.25) is 16.0 Å². The fourth-order valence-electron chi connectivity index (χ4n) is 5.28. The van der Waals surface area contributed by atoms with Gasteiger partial charge >= 0.3 is 0 Å². The van der Waals surface area contributed by atoms with Crippen molar-refractivity contribution in [2.24, 2.45) is 0 Å². The molecule has 9 nitrogen and oxygen atoms in total. The number of ether oxygens (including phenoxy) is 1. The molecule has 0 radical (unpaired) electrons. The minimum atomic E-state index is -3.11. The Labute approximate surface area is 231 Å². The Balaban J connectivity index is 1.20. The van der Waals surface area contributed by atoms with Gasteiger partial charge in [-0.3, -0.25) is 4.90 Å². The number of benzene rings is 2. The summed E-state index contributed by atoms with van der Waals surface area (Å²) in [6.07, 6.45) is 3.59. The summed E-state index contributed by atoms with van der Waals surface area (Å²) in [6, 6.07) is 16.4. The number of unbranched alkanes of at least 4 members (excludes halogenated alkanes) is 1. The predicted octanol–water partition coefficient (Wildman–Crippen LogP) is 3.24. The van der Waals surface area contributed by atoms with Crippen LogP contribution in [0.25, 0.3) is 11.3 Å². The maximum atomic E-state index is 11.6. The summed E-state index contributed by atoms with van der Waals surface area (Å²) in [5.41, 5.74) is 11.8. The van der Waals surface area contributed by atoms with Gasteiger partial charge in [0, 0.05) is 43.9 Å². The zero-order valence-electron chi connectivity index (χ0n) is 22.6. The third kappa shape index (κ3) is 6.87. The molecule has 10 heteroatoms. The van der Waals surface area contributed by atoms with Crippen LogP contribution in [0.4, 0.5) is 11.8 Å². The van der Waals surface area contributed by atoms with Gasteiger partial charge in [-0.1, -0.05) is 30.3 Å². The van der Waals surface area contributed by atoms with E-state index in [1.807, 2.05) is 24.3 Å². The van der Waals surface area contributed by atoms with E-state index in [0.717, 1.165) is 86.8 Å². The molecule has 0 unspecified atom stereocenters. The number of aryl methyl sites for hydroxylation is 1. The molecular formula is C29H38N6O3S. The highest BCUT2D eigenvalue weighted by atomic mass is 32.2. The van der Waals surface area contributed by atoms with Gasteiger partial charge in [0.15, 0.2) is 0 Å². The van der Waals surface area contributed by atoms with E-state index in [1.165, 1.54) is 11.1 Å². The number of sulfonamides is 1. The maximum absolute atomic E-state index is 11.6. The van der Waals surface area contributed by atoms with Crippen molar-refractivity contribution in [1.29, 1.82) is 0 Å². The minimum Gasteiger partial charge on any atom is -0.489 e. The second-order valence-corrected chi connectivity index (χ2v) is 12.3. The van der Waals surface area contributed by atoms with Crippen LogP contribution in [-0.4, -0.2) is 68.3 Å². The Morgan fingerprint density at radius 2 is 1.79 bits per heavy atom. The minimum absolute atomic E-state index is 0.127. The molecule has 0 bridgehead atoms. The normalized spacial score (nSPS) is 15.6. The maximum Gasteiger partial charge on any atom is 0.222 e. The Hall–Kier alpha value is -3.21. The molecule has 0 saturated carbocycles. The number of rotatable bonds is 11. The van der Waals surface area contributed by atoms with Crippen LogP contribution in [0.15, 0.2) is 48.5 Å². The molecule has 208 valence electrons. The first kappa shape index (κ1) is 27.4. The van der Waals surface area contributed by atoms with Crippen LogP contribution in [0.2, 0.25) is 0 Å². The number of nitrogens with two attached hydrogens (primary N) is 1. The van der Waals surface area contributed by atoms with Gasteiger partial charge in [0.25, 0.3) is 0 Å². The lowest BCUT2D eigenvalue weighted by atomic mass is 9.88. The number of hydrogen-bond acceptors (Lipinski definition) is 8. The van der Waals surface area contributed by atoms with Crippen molar-refractivity contribution >= 4 is 21.8 Å². The van der Waals surface area contributed by atoms with Crippen LogP contribution in [-0.2, 0) is 29.5 Å². The standard InChI is InChI=1S/C29H38N6O3S/c1-2-39(36,37)31-14-6-7-15-34-16-18-35(19-17-34)28-26-12-10-23-20-24(38-21-22-8-4-3-5-9-22)11-13-25(23)27(26)32-29(30)33-28/h3-5,8-9,11,13,20,31H,2,6-7,10,12,14-19,21H2,1H3,(H2,30,32,33). The first-order chi connectivity index (χ1) is 18.9. The molecule has 3 aromatic rings. The fraction of sp³-hybridized carbons (Fsp3) is 0.448. The Kier molecular flexibility index (Phi) is 8.64. The third-order valence-electron chi connectivity index (χ3n) is 7.50. The van der Waals surface area contributed by atoms with E-state index >= 15 is 0 Å². The van der Waals surface area contributed by atoms with Gasteiger partial charge in [0.05, 0.1) is 11.4 Å². The van der Waals surface area contributed by atoms with Crippen LogP contribution in [0.1, 0.15) is 36.5 Å². The summed E-state index contributed by atoms with van der Waals surface area (Å²) >= 11 is 0. The number of piperazine rings is 1. The summed E-state index contributed by atoms with van der Waals surface area (Å²) in [4.78, 5) is 14.1. The number of anilines is 2. The van der Waals surface area contributed by atoms with Gasteiger partial charge in [-0.25, -0.2) is 18.1 Å². The van der Waals surface area contributed by atoms with Gasteiger partial charge in [-0.15, -0.1) is 0 Å². The lowest BCUT2D eigenvalue weighted by Crippen LogP contribution is -2.47. The van der Waals surface area contributed by atoms with Crippen molar-refractivity contribution in [3.8, 4) is 17.0 Å². The van der Waals surface area contributed by atoms with Gasteiger partial charge in [0.1, 0.15) is 18.2 Å². The van der Waals surface area contributed by atoms with Crippen molar-refractivity contribution < 1.29 is 13.2 Å². The first-order valence-corrected chi connectivity index (χ1v) is 15.5. The highest BCUT2D eigenvalue weighted by Crippen LogP contribution is 2.38. The molecular weight excluding hydrogens is 512 g/mol. The first-order valence-electron chi connectivity index (χ1n) is 13.8. The topological polar surface area (TPSA) is 114 Å². The number of nitrogens with zero attached hydrogens (tertiary/aromatic N) is 4. The molecule has 39 heavy (non-hydrogen) atoms. The summed E-state index contributed by atoms with van der Waals surface area (Å²) < 4.78 is 31.8. The molecule has 5 rings (SSSR count). The molecule has 0 atom stereocenters. The predicted molar refractivity (Wildman–Crippen MR) is 155 cm³/mol. The third-order valence-corrected chi connectivity index (χ3v) is 8.91. The van der Waals surface area contributed by atoms with Crippen LogP contribution >= 0.6 is 0 Å². The zero-order chi connectivity index (χ0) is 27.2. The number of nitrogen functional groups attached to an aromatic ring is 1. The lowest BCUT2D eigenvalue weighted by molar-refractivity contribution is 0.252. The second kappa shape index (κ2) is 12.3. The van der Waals surface area contributed by atoms with Crippen molar-refractivity contribution in [2.75, 3.05) is 55.7 Å². The molecule has 0 spiro atoms. The smallest absolute Gasteiger partial charge is 0.222 e. The molecule has 2 aromatic carbocycles. The van der Waals surface area contributed by atoms with E-state index in [2.05, 4.69) is 43.8 Å². The van der Waals surface area contributed by atoms with Crippen LogP contribution in [0.3, 0.4) is 0 Å². The molecule has 2 heterocycles. The summed E-state index contributed by atoms with van der Waals surface area (Å²) in [5, 5.41) is 0. The van der Waals surface area contributed by atoms with Crippen LogP contribution in [0.5, 0.6) is 5.75 Å². The molecule has 1 aromatic heterocycles. The van der Waals surface area contributed by atoms with Crippen molar-refractivity contribution in [1.82, 2.24) is 19.6 Å². The number of fused-ring (bicyclic) bond motifs is 3. The molecule has 1 aliphatic carbocycles. The van der Waals surface area contributed by atoms with Crippen LogP contribution < -0.4 is 20.1 Å². The Bertz CT molecular complexity index is 1380. The Morgan fingerprint density at radius 3 is 2.56 bits per heavy atom. The van der Waals surface area contributed by atoms with Crippen molar-refractivity contribution in [3.05, 3.63) is 65.2 Å². The van der Waals surface area contributed by atoms with E-state index in [-0.39, 0.29) is 5.75 Å². The van der Waals surface area contributed by atoms with Gasteiger partial charge < -0.3 is 15.4 Å². The summed E-state index contributed by atoms with van der Waals surface area (Å²) in [5.74, 6) is 2.25. The molecule has 0 amide bonds. The van der Waals surface area contributed by atoms with E-state index in [1.54, 1.807) is 6.92 Å². The van der Waals surface area contributed by atoms with Crippen molar-refractivity contribution in [2.45, 2.75) is 39.2 Å². The monoisotopic (exact) mass is 550 g/mol. The fourth-order valence-corrected chi connectivity index (χ4v) is 5.93. The van der Waals surface area contributed by atoms with Crippen molar-refractivity contribution in [3.63, 3.8) is 0 Å². The van der Waals surface area contributed by atoms with E-state index in [0.29, 0.717) is 19.1 Å². The Morgan fingerprint density at radius 1 is 1.00 bits per heavy atom. The molecule has 2 aliphatic rings. The highest BCUT2D eigenvalue weighted by molar-refractivity contribution is 7.89. The van der Waals surface area contributed by atoms with E-state index < -0.39 is 10.0 Å². The lowest BCUT2D eigenvalue weighted by Gasteiger charge is -2.37. The zero-order valence-corrected chi connectivity index (χ0v) is 23.4.